The van der Waals surface area contributed by atoms with Crippen molar-refractivity contribution in [1.29, 1.82) is 0 Å². The van der Waals surface area contributed by atoms with Crippen LogP contribution >= 0.6 is 0 Å². The predicted molar refractivity (Wildman–Crippen MR) is 161 cm³/mol. The first-order chi connectivity index (χ1) is 17.2. The highest BCUT2D eigenvalue weighted by Gasteiger charge is 2.34. The Morgan fingerprint density at radius 2 is 1.14 bits per heavy atom. The van der Waals surface area contributed by atoms with Gasteiger partial charge in [-0.2, -0.15) is 0 Å². The minimum atomic E-state index is -0.608. The van der Waals surface area contributed by atoms with Gasteiger partial charge >= 0.3 is 5.97 Å². The van der Waals surface area contributed by atoms with Crippen molar-refractivity contribution in [3.63, 3.8) is 0 Å². The molecule has 0 bridgehead atoms. The van der Waals surface area contributed by atoms with E-state index in [1.54, 1.807) is 0 Å². The molecule has 2 heteroatoms. The molecule has 0 aliphatic heterocycles. The van der Waals surface area contributed by atoms with Crippen LogP contribution in [-0.2, 0) is 4.79 Å². The van der Waals surface area contributed by atoms with Crippen molar-refractivity contribution >= 4 is 5.97 Å². The highest BCUT2D eigenvalue weighted by molar-refractivity contribution is 5.74. The number of unbranched alkanes of at least 4 members (excludes halogenated alkanes) is 13. The Balaban J connectivity index is 3.74. The van der Waals surface area contributed by atoms with Gasteiger partial charge < -0.3 is 5.11 Å². The van der Waals surface area contributed by atoms with Crippen LogP contribution < -0.4 is 0 Å². The maximum absolute atomic E-state index is 11.9. The van der Waals surface area contributed by atoms with Crippen LogP contribution in [0.1, 0.15) is 176 Å². The summed E-state index contributed by atoms with van der Waals surface area (Å²) in [6, 6.07) is 0. The Morgan fingerprint density at radius 3 is 1.67 bits per heavy atom. The van der Waals surface area contributed by atoms with E-state index in [1.165, 1.54) is 103 Å². The number of rotatable bonds is 26. The van der Waals surface area contributed by atoms with Gasteiger partial charge in [-0.1, -0.05) is 130 Å². The number of hydrogen-bond donors (Lipinski definition) is 1. The van der Waals surface area contributed by atoms with Crippen molar-refractivity contribution in [2.45, 2.75) is 176 Å². The molecule has 0 radical (unpaired) electrons. The molecule has 0 amide bonds. The summed E-state index contributed by atoms with van der Waals surface area (Å²) in [6.45, 7) is 13.4. The third-order valence-electron chi connectivity index (χ3n) is 8.22. The summed E-state index contributed by atoms with van der Waals surface area (Å²) in [6.07, 6.45) is 31.6. The molecule has 4 unspecified atom stereocenters. The maximum atomic E-state index is 11.9. The number of carboxylic acid groups (broad SMARTS) is 1. The zero-order chi connectivity index (χ0) is 27.1. The molecule has 0 aromatic carbocycles. The SMILES string of the molecule is CCCCCCCC/C=C\CCCCCCCCC(C)CC(C)CC(C)CC(C)(CCCC)C(=O)O. The van der Waals surface area contributed by atoms with Crippen molar-refractivity contribution < 1.29 is 9.90 Å². The first-order valence-electron chi connectivity index (χ1n) is 16.1. The molecule has 0 aliphatic carbocycles. The van der Waals surface area contributed by atoms with Crippen LogP contribution in [0.4, 0.5) is 0 Å². The average molecular weight is 507 g/mol. The summed E-state index contributed by atoms with van der Waals surface area (Å²) in [5.41, 5.74) is -0.551. The molecule has 4 atom stereocenters. The lowest BCUT2D eigenvalue weighted by Gasteiger charge is -2.29. The molecular weight excluding hydrogens is 440 g/mol. The molecule has 0 rings (SSSR count). The molecule has 0 saturated carbocycles. The highest BCUT2D eigenvalue weighted by atomic mass is 16.4. The van der Waals surface area contributed by atoms with E-state index in [1.807, 2.05) is 6.92 Å². The van der Waals surface area contributed by atoms with E-state index < -0.39 is 11.4 Å². The van der Waals surface area contributed by atoms with Gasteiger partial charge in [0.2, 0.25) is 0 Å². The average Bonchev–Trinajstić information content (AvgIpc) is 2.82. The summed E-state index contributed by atoms with van der Waals surface area (Å²) >= 11 is 0. The van der Waals surface area contributed by atoms with Crippen molar-refractivity contribution in [1.82, 2.24) is 0 Å². The van der Waals surface area contributed by atoms with Gasteiger partial charge in [0.25, 0.3) is 0 Å². The molecule has 0 heterocycles. The van der Waals surface area contributed by atoms with Gasteiger partial charge in [0.15, 0.2) is 0 Å². The van der Waals surface area contributed by atoms with Crippen LogP contribution in [0.15, 0.2) is 12.2 Å². The van der Waals surface area contributed by atoms with Gasteiger partial charge in [-0.05, 0) is 76.0 Å². The predicted octanol–water partition coefficient (Wildman–Crippen LogP) is 11.8. The second-order valence-electron chi connectivity index (χ2n) is 12.7. The van der Waals surface area contributed by atoms with E-state index in [0.29, 0.717) is 11.8 Å². The fourth-order valence-corrected chi connectivity index (χ4v) is 6.04. The highest BCUT2D eigenvalue weighted by Crippen LogP contribution is 2.35. The summed E-state index contributed by atoms with van der Waals surface area (Å²) < 4.78 is 0. The quantitative estimate of drug-likeness (QED) is 0.0935. The molecule has 0 spiro atoms. The lowest BCUT2D eigenvalue weighted by atomic mass is 9.75. The number of carbonyl (C=O) groups is 1. The molecule has 0 aromatic rings. The van der Waals surface area contributed by atoms with Gasteiger partial charge in [-0.3, -0.25) is 4.79 Å². The molecule has 36 heavy (non-hydrogen) atoms. The smallest absolute Gasteiger partial charge is 0.309 e. The van der Waals surface area contributed by atoms with Crippen molar-refractivity contribution in [2.24, 2.45) is 23.2 Å². The summed E-state index contributed by atoms with van der Waals surface area (Å²) in [7, 11) is 0. The van der Waals surface area contributed by atoms with Crippen molar-refractivity contribution in [3.8, 4) is 0 Å². The summed E-state index contributed by atoms with van der Waals surface area (Å²) in [4.78, 5) is 11.9. The standard InChI is InChI=1S/C34H66O2/c1-7-9-11-12-13-14-15-16-17-18-19-20-21-22-23-24-25-30(3)27-31(4)28-32(5)29-34(6,33(35)36)26-10-8-2/h16-17,30-32H,7-15,18-29H2,1-6H3,(H,35,36)/b17-16-. The van der Waals surface area contributed by atoms with E-state index in [9.17, 15) is 9.90 Å². The molecular formula is C34H66O2. The van der Waals surface area contributed by atoms with Crippen LogP contribution in [0.5, 0.6) is 0 Å². The van der Waals surface area contributed by atoms with Crippen LogP contribution in [0.25, 0.3) is 0 Å². The number of aliphatic carboxylic acids is 1. The number of allylic oxidation sites excluding steroid dienone is 2. The minimum absolute atomic E-state index is 0.482. The monoisotopic (exact) mass is 507 g/mol. The van der Waals surface area contributed by atoms with Crippen LogP contribution in [0.3, 0.4) is 0 Å². The molecule has 214 valence electrons. The Labute approximate surface area is 227 Å². The van der Waals surface area contributed by atoms with Gasteiger partial charge in [0.05, 0.1) is 5.41 Å². The molecule has 0 aromatic heterocycles. The van der Waals surface area contributed by atoms with E-state index in [4.69, 9.17) is 0 Å². The minimum Gasteiger partial charge on any atom is -0.481 e. The first kappa shape index (κ1) is 35.2. The van der Waals surface area contributed by atoms with Crippen molar-refractivity contribution in [3.05, 3.63) is 12.2 Å². The van der Waals surface area contributed by atoms with Crippen LogP contribution in [0.2, 0.25) is 0 Å². The Hall–Kier alpha value is -0.790. The van der Waals surface area contributed by atoms with Gasteiger partial charge in [0, 0.05) is 0 Å². The second-order valence-corrected chi connectivity index (χ2v) is 12.7. The van der Waals surface area contributed by atoms with E-state index in [-0.39, 0.29) is 0 Å². The number of hydrogen-bond acceptors (Lipinski definition) is 1. The zero-order valence-electron chi connectivity index (χ0n) is 25.6. The van der Waals surface area contributed by atoms with Crippen LogP contribution in [0, 0.1) is 23.2 Å². The molecule has 2 nitrogen and oxygen atoms in total. The second kappa shape index (κ2) is 23.3. The third kappa shape index (κ3) is 20.3. The van der Waals surface area contributed by atoms with Crippen molar-refractivity contribution in [2.75, 3.05) is 0 Å². The fourth-order valence-electron chi connectivity index (χ4n) is 6.04. The van der Waals surface area contributed by atoms with E-state index >= 15 is 0 Å². The van der Waals surface area contributed by atoms with Crippen LogP contribution in [-0.4, -0.2) is 11.1 Å². The lowest BCUT2D eigenvalue weighted by molar-refractivity contribution is -0.149. The summed E-state index contributed by atoms with van der Waals surface area (Å²) in [5, 5.41) is 9.75. The Morgan fingerprint density at radius 1 is 0.667 bits per heavy atom. The largest absolute Gasteiger partial charge is 0.481 e. The topological polar surface area (TPSA) is 37.3 Å². The zero-order valence-corrected chi connectivity index (χ0v) is 25.6. The molecule has 0 aliphatic rings. The molecule has 0 fully saturated rings. The normalized spacial score (nSPS) is 16.2. The van der Waals surface area contributed by atoms with Gasteiger partial charge in [-0.15, -0.1) is 0 Å². The third-order valence-corrected chi connectivity index (χ3v) is 8.22. The molecule has 1 N–H and O–H groups in total. The fraction of sp³-hybridized carbons (Fsp3) is 0.912. The maximum Gasteiger partial charge on any atom is 0.309 e. The van der Waals surface area contributed by atoms with Gasteiger partial charge in [-0.25, -0.2) is 0 Å². The Bertz CT molecular complexity index is 525. The van der Waals surface area contributed by atoms with Gasteiger partial charge in [0.1, 0.15) is 0 Å². The Kier molecular flexibility index (Phi) is 22.8. The number of carboxylic acids is 1. The first-order valence-corrected chi connectivity index (χ1v) is 16.1. The molecule has 0 saturated heterocycles. The van der Waals surface area contributed by atoms with E-state index in [0.717, 1.165) is 38.0 Å². The van der Waals surface area contributed by atoms with E-state index in [2.05, 4.69) is 46.8 Å². The lowest BCUT2D eigenvalue weighted by Crippen LogP contribution is -2.30. The summed E-state index contributed by atoms with van der Waals surface area (Å²) in [5.74, 6) is 1.35.